The zero-order valence-electron chi connectivity index (χ0n) is 16.3. The van der Waals surface area contributed by atoms with Gasteiger partial charge in [0.25, 0.3) is 0 Å². The Morgan fingerprint density at radius 3 is 2.03 bits per heavy atom. The van der Waals surface area contributed by atoms with Crippen LogP contribution < -0.4 is 5.32 Å². The van der Waals surface area contributed by atoms with Crippen LogP contribution in [-0.4, -0.2) is 28.5 Å². The number of ketones is 2. The standard InChI is InChI=1S/C24H17NO5S/c26-19(12-13-20(27)28)25-17-10-11-18(31-14-6-2-1-3-7-14)22-21(17)23(29)15-8-4-5-9-16(15)24(22)30/h1-11H,12-13H2,(H,25,26)(H,27,28). The fraction of sp³-hybridized carbons (Fsp3) is 0.0833. The van der Waals surface area contributed by atoms with Gasteiger partial charge in [0.05, 0.1) is 17.7 Å². The number of anilines is 1. The number of carbonyl (C=O) groups is 4. The van der Waals surface area contributed by atoms with E-state index in [0.717, 1.165) is 4.90 Å². The maximum atomic E-state index is 13.4. The fourth-order valence-electron chi connectivity index (χ4n) is 3.43. The predicted octanol–water partition coefficient (Wildman–Crippen LogP) is 4.42. The van der Waals surface area contributed by atoms with E-state index in [2.05, 4.69) is 5.32 Å². The van der Waals surface area contributed by atoms with Crippen molar-refractivity contribution in [1.29, 1.82) is 0 Å². The van der Waals surface area contributed by atoms with Crippen molar-refractivity contribution in [2.45, 2.75) is 22.6 Å². The van der Waals surface area contributed by atoms with Crippen LogP contribution in [0.25, 0.3) is 0 Å². The van der Waals surface area contributed by atoms with E-state index in [0.29, 0.717) is 10.5 Å². The lowest BCUT2D eigenvalue weighted by Gasteiger charge is -2.23. The minimum absolute atomic E-state index is 0.133. The van der Waals surface area contributed by atoms with Crippen LogP contribution in [0.15, 0.2) is 76.5 Å². The van der Waals surface area contributed by atoms with Gasteiger partial charge in [0.15, 0.2) is 11.6 Å². The molecule has 1 aliphatic rings. The summed E-state index contributed by atoms with van der Waals surface area (Å²) in [6, 6.07) is 19.3. The number of hydrogen-bond donors (Lipinski definition) is 2. The Bertz CT molecular complexity index is 1220. The molecule has 0 heterocycles. The smallest absolute Gasteiger partial charge is 0.303 e. The number of nitrogens with one attached hydrogen (secondary N) is 1. The first kappa shape index (κ1) is 20.6. The van der Waals surface area contributed by atoms with E-state index in [9.17, 15) is 19.2 Å². The molecule has 6 nitrogen and oxygen atoms in total. The summed E-state index contributed by atoms with van der Waals surface area (Å²) in [6.07, 6.45) is -0.560. The summed E-state index contributed by atoms with van der Waals surface area (Å²) in [5, 5.41) is 11.4. The van der Waals surface area contributed by atoms with Gasteiger partial charge in [0.1, 0.15) is 0 Å². The van der Waals surface area contributed by atoms with Crippen molar-refractivity contribution in [1.82, 2.24) is 0 Å². The summed E-state index contributed by atoms with van der Waals surface area (Å²) in [7, 11) is 0. The number of rotatable bonds is 6. The molecule has 0 radical (unpaired) electrons. The maximum absolute atomic E-state index is 13.4. The second kappa shape index (κ2) is 8.57. The average Bonchev–Trinajstić information content (AvgIpc) is 2.77. The third kappa shape index (κ3) is 4.13. The van der Waals surface area contributed by atoms with E-state index in [1.807, 2.05) is 30.3 Å². The first-order valence-electron chi connectivity index (χ1n) is 9.55. The van der Waals surface area contributed by atoms with Crippen LogP contribution in [0.5, 0.6) is 0 Å². The zero-order valence-corrected chi connectivity index (χ0v) is 17.1. The lowest BCUT2D eigenvalue weighted by atomic mass is 9.83. The summed E-state index contributed by atoms with van der Waals surface area (Å²) in [6.45, 7) is 0. The summed E-state index contributed by atoms with van der Waals surface area (Å²) in [5.74, 6) is -2.27. The van der Waals surface area contributed by atoms with Crippen LogP contribution in [0.3, 0.4) is 0 Å². The van der Waals surface area contributed by atoms with Crippen molar-refractivity contribution < 1.29 is 24.3 Å². The third-order valence-corrected chi connectivity index (χ3v) is 5.92. The highest BCUT2D eigenvalue weighted by molar-refractivity contribution is 7.99. The summed E-state index contributed by atoms with van der Waals surface area (Å²) < 4.78 is 0. The number of amides is 1. The van der Waals surface area contributed by atoms with Crippen molar-refractivity contribution >= 4 is 40.9 Å². The highest BCUT2D eigenvalue weighted by atomic mass is 32.2. The Hall–Kier alpha value is -3.71. The lowest BCUT2D eigenvalue weighted by molar-refractivity contribution is -0.138. The molecule has 0 saturated heterocycles. The molecule has 0 bridgehead atoms. The highest BCUT2D eigenvalue weighted by Gasteiger charge is 2.34. The molecule has 0 fully saturated rings. The molecule has 4 rings (SSSR count). The van der Waals surface area contributed by atoms with E-state index in [-0.39, 0.29) is 46.8 Å². The van der Waals surface area contributed by atoms with Crippen LogP contribution in [0.2, 0.25) is 0 Å². The molecule has 3 aromatic rings. The molecule has 0 unspecified atom stereocenters. The van der Waals surface area contributed by atoms with Gasteiger partial charge in [-0.1, -0.05) is 54.2 Å². The number of carbonyl (C=O) groups excluding carboxylic acids is 3. The fourth-order valence-corrected chi connectivity index (χ4v) is 4.41. The number of benzene rings is 3. The number of carboxylic acids is 1. The number of hydrogen-bond acceptors (Lipinski definition) is 5. The molecule has 3 aromatic carbocycles. The van der Waals surface area contributed by atoms with E-state index in [1.54, 1.807) is 36.4 Å². The minimum Gasteiger partial charge on any atom is -0.481 e. The Morgan fingerprint density at radius 2 is 1.39 bits per heavy atom. The summed E-state index contributed by atoms with van der Waals surface area (Å²) >= 11 is 1.36. The van der Waals surface area contributed by atoms with Gasteiger partial charge >= 0.3 is 5.97 Å². The highest BCUT2D eigenvalue weighted by Crippen LogP contribution is 2.40. The monoisotopic (exact) mass is 431 g/mol. The quantitative estimate of drug-likeness (QED) is 0.469. The van der Waals surface area contributed by atoms with Gasteiger partial charge in [-0.3, -0.25) is 19.2 Å². The van der Waals surface area contributed by atoms with Gasteiger partial charge in [-0.05, 0) is 24.3 Å². The lowest BCUT2D eigenvalue weighted by Crippen LogP contribution is -2.24. The van der Waals surface area contributed by atoms with E-state index >= 15 is 0 Å². The van der Waals surface area contributed by atoms with Gasteiger partial charge in [0, 0.05) is 32.9 Å². The molecule has 0 saturated carbocycles. The van der Waals surface area contributed by atoms with Crippen molar-refractivity contribution in [3.8, 4) is 0 Å². The van der Waals surface area contributed by atoms with Crippen LogP contribution in [0.4, 0.5) is 5.69 Å². The van der Waals surface area contributed by atoms with Gasteiger partial charge in [0.2, 0.25) is 5.91 Å². The maximum Gasteiger partial charge on any atom is 0.303 e. The predicted molar refractivity (Wildman–Crippen MR) is 116 cm³/mol. The normalized spacial score (nSPS) is 12.1. The Kier molecular flexibility index (Phi) is 5.68. The van der Waals surface area contributed by atoms with Crippen molar-refractivity contribution in [3.63, 3.8) is 0 Å². The SMILES string of the molecule is O=C(O)CCC(=O)Nc1ccc(Sc2ccccc2)c2c1C(=O)c1ccccc1C2=O. The van der Waals surface area contributed by atoms with Gasteiger partial charge in [-0.15, -0.1) is 0 Å². The molecule has 2 N–H and O–H groups in total. The van der Waals surface area contributed by atoms with Crippen LogP contribution in [-0.2, 0) is 9.59 Å². The van der Waals surface area contributed by atoms with Crippen LogP contribution >= 0.6 is 11.8 Å². The number of aliphatic carboxylic acids is 1. The largest absolute Gasteiger partial charge is 0.481 e. The van der Waals surface area contributed by atoms with Gasteiger partial charge < -0.3 is 10.4 Å². The van der Waals surface area contributed by atoms with Crippen molar-refractivity contribution in [3.05, 3.63) is 89.0 Å². The third-order valence-electron chi connectivity index (χ3n) is 4.85. The van der Waals surface area contributed by atoms with Crippen LogP contribution in [0, 0.1) is 0 Å². The van der Waals surface area contributed by atoms with Gasteiger partial charge in [-0.2, -0.15) is 0 Å². The second-order valence-electron chi connectivity index (χ2n) is 6.92. The van der Waals surface area contributed by atoms with Crippen molar-refractivity contribution in [2.24, 2.45) is 0 Å². The van der Waals surface area contributed by atoms with Gasteiger partial charge in [-0.25, -0.2) is 0 Å². The van der Waals surface area contributed by atoms with Crippen molar-refractivity contribution in [2.75, 3.05) is 5.32 Å². The average molecular weight is 431 g/mol. The van der Waals surface area contributed by atoms with E-state index < -0.39 is 11.9 Å². The molecule has 0 atom stereocenters. The summed E-state index contributed by atoms with van der Waals surface area (Å²) in [5.41, 5.74) is 1.18. The number of fused-ring (bicyclic) bond motifs is 2. The molecule has 7 heteroatoms. The molecule has 1 amide bonds. The molecule has 0 aromatic heterocycles. The topological polar surface area (TPSA) is 101 Å². The molecule has 0 spiro atoms. The Balaban J connectivity index is 1.80. The first-order chi connectivity index (χ1) is 15.0. The minimum atomic E-state index is -1.09. The molecule has 1 aliphatic carbocycles. The first-order valence-corrected chi connectivity index (χ1v) is 10.4. The number of carboxylic acid groups (broad SMARTS) is 1. The molecule has 0 aliphatic heterocycles. The second-order valence-corrected chi connectivity index (χ2v) is 8.04. The van der Waals surface area contributed by atoms with Crippen LogP contribution in [0.1, 0.15) is 44.7 Å². The van der Waals surface area contributed by atoms with E-state index in [4.69, 9.17) is 5.11 Å². The Morgan fingerprint density at radius 1 is 0.774 bits per heavy atom. The molecular formula is C24H17NO5S. The Labute approximate surface area is 182 Å². The molecule has 154 valence electrons. The van der Waals surface area contributed by atoms with E-state index in [1.165, 1.54) is 11.8 Å². The molecule has 31 heavy (non-hydrogen) atoms. The summed E-state index contributed by atoms with van der Waals surface area (Å²) in [4.78, 5) is 51.2. The molecular weight excluding hydrogens is 414 g/mol. The zero-order chi connectivity index (χ0) is 22.0.